The monoisotopic (exact) mass is 343 g/mol. The molecule has 1 aliphatic heterocycles. The van der Waals surface area contributed by atoms with Crippen molar-refractivity contribution in [3.05, 3.63) is 60.1 Å². The maximum Gasteiger partial charge on any atom is 0.147 e. The fourth-order valence-corrected chi connectivity index (χ4v) is 1.78. The Morgan fingerprint density at radius 1 is 1.50 bits per heavy atom. The van der Waals surface area contributed by atoms with E-state index >= 15 is 0 Å². The van der Waals surface area contributed by atoms with Gasteiger partial charge in [-0.25, -0.2) is 4.39 Å². The normalized spacial score (nSPS) is 13.3. The average molecular weight is 343 g/mol. The second-order valence-corrected chi connectivity index (χ2v) is 3.98. The first-order valence-corrected chi connectivity index (χ1v) is 5.73. The van der Waals surface area contributed by atoms with Crippen molar-refractivity contribution in [3.8, 4) is 18.1 Å². The number of likely N-dealkylation sites (N-methyl/N-ethyl adjacent to an activating group) is 1. The zero-order valence-corrected chi connectivity index (χ0v) is 14.0. The molecule has 0 amide bonds. The summed E-state index contributed by atoms with van der Waals surface area (Å²) in [7, 11) is 1.80. The summed E-state index contributed by atoms with van der Waals surface area (Å²) in [5, 5.41) is 0. The molecule has 1 aliphatic rings. The van der Waals surface area contributed by atoms with Gasteiger partial charge in [-0.3, -0.25) is 0 Å². The molecule has 20 heavy (non-hydrogen) atoms. The smallest absolute Gasteiger partial charge is 0.147 e. The molecule has 1 radical (unpaired) electrons. The van der Waals surface area contributed by atoms with Crippen LogP contribution in [0.4, 0.5) is 4.39 Å². The Kier molecular flexibility index (Phi) is 6.20. The van der Waals surface area contributed by atoms with Crippen molar-refractivity contribution in [1.82, 2.24) is 4.90 Å². The molecule has 0 saturated heterocycles. The summed E-state index contributed by atoms with van der Waals surface area (Å²) in [6.07, 6.45) is 11.7. The Hall–Kier alpha value is -1.37. The molecule has 0 fully saturated rings. The van der Waals surface area contributed by atoms with Crippen molar-refractivity contribution in [2.24, 2.45) is 0 Å². The number of allylic oxidation sites excluding steroid dienone is 3. The van der Waals surface area contributed by atoms with Crippen molar-refractivity contribution >= 4 is 5.70 Å². The third kappa shape index (κ3) is 3.39. The second-order valence-electron chi connectivity index (χ2n) is 3.98. The Morgan fingerprint density at radius 2 is 2.25 bits per heavy atom. The zero-order chi connectivity index (χ0) is 13.8. The number of benzene rings is 1. The number of terminal acetylenes is 1. The van der Waals surface area contributed by atoms with Gasteiger partial charge < -0.3 is 9.64 Å². The van der Waals surface area contributed by atoms with Crippen LogP contribution in [0.5, 0.6) is 5.75 Å². The Morgan fingerprint density at radius 3 is 2.95 bits per heavy atom. The summed E-state index contributed by atoms with van der Waals surface area (Å²) in [4.78, 5) is 1.75. The molecule has 1 aromatic rings. The third-order valence-electron chi connectivity index (χ3n) is 2.79. The van der Waals surface area contributed by atoms with Gasteiger partial charge in [-0.05, 0) is 23.4 Å². The van der Waals surface area contributed by atoms with Gasteiger partial charge in [0.25, 0.3) is 0 Å². The number of hydrogen-bond donors (Lipinski definition) is 0. The van der Waals surface area contributed by atoms with Crippen LogP contribution in [0.15, 0.2) is 42.6 Å². The molecule has 0 atom stereocenters. The number of halogens is 1. The third-order valence-corrected chi connectivity index (χ3v) is 2.79. The fourth-order valence-electron chi connectivity index (χ4n) is 1.78. The van der Waals surface area contributed by atoms with Gasteiger partial charge in [0.15, 0.2) is 0 Å². The van der Waals surface area contributed by atoms with Gasteiger partial charge in [0.05, 0.1) is 11.6 Å². The van der Waals surface area contributed by atoms with Gasteiger partial charge in [-0.15, -0.1) is 12.5 Å². The van der Waals surface area contributed by atoms with E-state index in [-0.39, 0.29) is 45.1 Å². The molecule has 1 aromatic carbocycles. The predicted molar refractivity (Wildman–Crippen MR) is 73.4 cm³/mol. The van der Waals surface area contributed by atoms with Crippen LogP contribution in [0.3, 0.4) is 0 Å². The van der Waals surface area contributed by atoms with Gasteiger partial charge in [-0.1, -0.05) is 24.3 Å². The molecule has 0 saturated carbocycles. The van der Waals surface area contributed by atoms with Gasteiger partial charge >= 0.3 is 0 Å². The Labute approximate surface area is 143 Å². The summed E-state index contributed by atoms with van der Waals surface area (Å²) >= 11 is 0. The summed E-state index contributed by atoms with van der Waals surface area (Å²) in [5.74, 6) is 2.38. The van der Waals surface area contributed by atoms with Gasteiger partial charge in [0, 0.05) is 39.8 Å². The molecule has 0 aliphatic carbocycles. The van der Waals surface area contributed by atoms with Crippen molar-refractivity contribution in [1.29, 1.82) is 0 Å². The molecule has 0 unspecified atom stereocenters. The number of hydrogen-bond acceptors (Lipinski definition) is 2. The summed E-state index contributed by atoms with van der Waals surface area (Å²) < 4.78 is 19.5. The van der Waals surface area contributed by atoms with Crippen molar-refractivity contribution in [2.75, 3.05) is 13.7 Å². The van der Waals surface area contributed by atoms with Gasteiger partial charge in [0.2, 0.25) is 0 Å². The van der Waals surface area contributed by atoms with Crippen LogP contribution in [0.25, 0.3) is 5.70 Å². The Balaban J connectivity index is 0.00000200. The average Bonchev–Trinajstić information content (AvgIpc) is 2.40. The minimum absolute atomic E-state index is 0. The minimum Gasteiger partial charge on any atom is -0.493 e. The molecule has 0 bridgehead atoms. The largest absolute Gasteiger partial charge is 0.493 e. The maximum absolute atomic E-state index is 14.1. The molecule has 1 heterocycles. The van der Waals surface area contributed by atoms with Crippen LogP contribution in [0.1, 0.15) is 5.56 Å². The molecule has 4 heteroatoms. The number of nitrogens with zero attached hydrogens (tertiary/aromatic N) is 1. The van der Waals surface area contributed by atoms with E-state index in [9.17, 15) is 4.39 Å². The van der Waals surface area contributed by atoms with Crippen LogP contribution in [-0.2, 0) is 32.7 Å². The molecular weight excluding hydrogens is 330 g/mol. The van der Waals surface area contributed by atoms with Crippen LogP contribution in [0, 0.1) is 24.2 Å². The van der Waals surface area contributed by atoms with E-state index in [2.05, 4.69) is 18.6 Å². The number of ether oxygens (including phenoxy) is 1. The van der Waals surface area contributed by atoms with E-state index in [0.717, 1.165) is 5.70 Å². The van der Waals surface area contributed by atoms with Gasteiger partial charge in [0.1, 0.15) is 6.61 Å². The molecule has 0 aromatic heterocycles. The summed E-state index contributed by atoms with van der Waals surface area (Å²) in [6.45, 7) is 3.96. The number of rotatable bonds is 3. The minimum atomic E-state index is -0.382. The molecule has 2 rings (SSSR count). The molecule has 99 valence electrons. The van der Waals surface area contributed by atoms with Crippen LogP contribution >= 0.6 is 0 Å². The van der Waals surface area contributed by atoms with E-state index < -0.39 is 0 Å². The Bertz CT molecular complexity index is 613. The standard InChI is InChI=1S/C16H13FNO.Y/c1-4-11-19-15-10-6-8-13(17)16(15)14-9-5-7-12(2)18(14)3;/h1,5-8,10H,2,11H2,3H3;/q-1;. The van der Waals surface area contributed by atoms with Crippen molar-refractivity contribution < 1.29 is 41.8 Å². The molecular formula is C16H13FNOY-. The summed E-state index contributed by atoms with van der Waals surface area (Å²) in [6, 6.07) is 4.64. The quantitative estimate of drug-likeness (QED) is 0.618. The van der Waals surface area contributed by atoms with E-state index in [0.29, 0.717) is 17.0 Å². The SMILES string of the molecule is C#CCOc1cccc(F)c1C1=[C-]C=CC(=C)N1C.[Y]. The first kappa shape index (κ1) is 16.7. The fraction of sp³-hybridized carbons (Fsp3) is 0.125. The predicted octanol–water partition coefficient (Wildman–Crippen LogP) is 2.99. The summed E-state index contributed by atoms with van der Waals surface area (Å²) in [5.41, 5.74) is 1.66. The first-order valence-electron chi connectivity index (χ1n) is 5.73. The van der Waals surface area contributed by atoms with Crippen LogP contribution in [0.2, 0.25) is 0 Å². The molecule has 0 spiro atoms. The van der Waals surface area contributed by atoms with Crippen LogP contribution in [-0.4, -0.2) is 18.6 Å². The van der Waals surface area contributed by atoms with Gasteiger partial charge in [-0.2, -0.15) is 12.2 Å². The second kappa shape index (κ2) is 7.43. The van der Waals surface area contributed by atoms with E-state index in [1.807, 2.05) is 0 Å². The molecule has 0 N–H and O–H groups in total. The van der Waals surface area contributed by atoms with E-state index in [4.69, 9.17) is 11.2 Å². The van der Waals surface area contributed by atoms with Crippen molar-refractivity contribution in [3.63, 3.8) is 0 Å². The maximum atomic E-state index is 14.1. The first-order chi connectivity index (χ1) is 9.15. The van der Waals surface area contributed by atoms with E-state index in [1.165, 1.54) is 6.07 Å². The zero-order valence-electron chi connectivity index (χ0n) is 11.2. The molecule has 2 nitrogen and oxygen atoms in total. The van der Waals surface area contributed by atoms with Crippen LogP contribution < -0.4 is 4.74 Å². The van der Waals surface area contributed by atoms with Crippen molar-refractivity contribution in [2.45, 2.75) is 0 Å². The topological polar surface area (TPSA) is 12.5 Å². The van der Waals surface area contributed by atoms with E-state index in [1.54, 1.807) is 36.2 Å².